The van der Waals surface area contributed by atoms with Gasteiger partial charge in [0.2, 0.25) is 0 Å². The fourth-order valence-corrected chi connectivity index (χ4v) is 3.59. The van der Waals surface area contributed by atoms with Crippen molar-refractivity contribution in [3.05, 3.63) is 23.3 Å². The van der Waals surface area contributed by atoms with E-state index in [1.807, 2.05) is 19.1 Å². The number of carbonyl (C=O) groups is 1. The molecule has 2 N–H and O–H groups in total. The first-order chi connectivity index (χ1) is 13.1. The molecule has 0 aromatic heterocycles. The predicted molar refractivity (Wildman–Crippen MR) is 99.9 cm³/mol. The number of nitrogens with zero attached hydrogens (tertiary/aromatic N) is 2. The standard InChI is InChI=1S/C20H27N3O4/c1-14-10-16(19-18(11-14)26-8-3-9-27-19)20(25)22-12-15-4-7-23(6-2-5-21)13-17(15)24/h10-11,15,17,24H,2-4,6-9,12-13H2,1H3,(H,22,25)/t15-,17+/m0/s1. The van der Waals surface area contributed by atoms with Crippen LogP contribution in [0.15, 0.2) is 12.1 Å². The van der Waals surface area contributed by atoms with Crippen LogP contribution in [0.3, 0.4) is 0 Å². The highest BCUT2D eigenvalue weighted by Gasteiger charge is 2.28. The Balaban J connectivity index is 1.60. The van der Waals surface area contributed by atoms with E-state index in [0.717, 1.165) is 24.9 Å². The van der Waals surface area contributed by atoms with Gasteiger partial charge in [-0.3, -0.25) is 9.69 Å². The second kappa shape index (κ2) is 9.07. The van der Waals surface area contributed by atoms with Crippen molar-refractivity contribution in [1.29, 1.82) is 5.26 Å². The van der Waals surface area contributed by atoms with E-state index >= 15 is 0 Å². The Morgan fingerprint density at radius 2 is 2.22 bits per heavy atom. The minimum absolute atomic E-state index is 0.00728. The lowest BCUT2D eigenvalue weighted by molar-refractivity contribution is 0.0230. The highest BCUT2D eigenvalue weighted by atomic mass is 16.5. The van der Waals surface area contributed by atoms with Gasteiger partial charge < -0.3 is 19.9 Å². The third-order valence-electron chi connectivity index (χ3n) is 5.11. The fourth-order valence-electron chi connectivity index (χ4n) is 3.59. The molecule has 1 saturated heterocycles. The normalized spacial score (nSPS) is 22.6. The van der Waals surface area contributed by atoms with Gasteiger partial charge in [-0.1, -0.05) is 0 Å². The predicted octanol–water partition coefficient (Wildman–Crippen LogP) is 1.48. The largest absolute Gasteiger partial charge is 0.490 e. The van der Waals surface area contributed by atoms with Crippen molar-refractivity contribution in [1.82, 2.24) is 10.2 Å². The van der Waals surface area contributed by atoms with Gasteiger partial charge in [0.15, 0.2) is 11.5 Å². The van der Waals surface area contributed by atoms with Crippen LogP contribution < -0.4 is 14.8 Å². The number of nitrogens with one attached hydrogen (secondary N) is 1. The molecule has 0 spiro atoms. The number of β-amino-alcohol motifs (C(OH)–C–C–N with tert-alkyl or cyclic N) is 1. The molecule has 1 amide bonds. The summed E-state index contributed by atoms with van der Waals surface area (Å²) in [6, 6.07) is 5.83. The number of aliphatic hydroxyl groups excluding tert-OH is 1. The first-order valence-electron chi connectivity index (χ1n) is 9.54. The van der Waals surface area contributed by atoms with Gasteiger partial charge >= 0.3 is 0 Å². The van der Waals surface area contributed by atoms with Crippen molar-refractivity contribution in [3.8, 4) is 17.6 Å². The number of piperidine rings is 1. The molecular weight excluding hydrogens is 346 g/mol. The van der Waals surface area contributed by atoms with Crippen LogP contribution in [-0.4, -0.2) is 61.4 Å². The third kappa shape index (κ3) is 4.90. The van der Waals surface area contributed by atoms with E-state index in [1.54, 1.807) is 0 Å². The van der Waals surface area contributed by atoms with Gasteiger partial charge in [0.05, 0.1) is 31.0 Å². The highest BCUT2D eigenvalue weighted by Crippen LogP contribution is 2.34. The van der Waals surface area contributed by atoms with Crippen molar-refractivity contribution in [2.45, 2.75) is 32.3 Å². The number of hydrogen-bond acceptors (Lipinski definition) is 6. The Hall–Kier alpha value is -2.30. The van der Waals surface area contributed by atoms with Gasteiger partial charge in [0, 0.05) is 38.4 Å². The number of benzene rings is 1. The monoisotopic (exact) mass is 373 g/mol. The lowest BCUT2D eigenvalue weighted by Crippen LogP contribution is -2.47. The van der Waals surface area contributed by atoms with Crippen molar-refractivity contribution < 1.29 is 19.4 Å². The number of ether oxygens (including phenoxy) is 2. The number of aryl methyl sites for hydroxylation is 1. The van der Waals surface area contributed by atoms with E-state index in [0.29, 0.717) is 56.3 Å². The maximum absolute atomic E-state index is 12.8. The SMILES string of the molecule is Cc1cc2c(c(C(=O)NC[C@@H]3CCN(CCC#N)C[C@H]3O)c1)OCCCO2. The van der Waals surface area contributed by atoms with Crippen LogP contribution in [-0.2, 0) is 0 Å². The van der Waals surface area contributed by atoms with Crippen LogP contribution in [0, 0.1) is 24.2 Å². The van der Waals surface area contributed by atoms with Crippen molar-refractivity contribution in [2.75, 3.05) is 39.4 Å². The van der Waals surface area contributed by atoms with Crippen LogP contribution in [0.1, 0.15) is 35.2 Å². The van der Waals surface area contributed by atoms with E-state index in [1.165, 1.54) is 0 Å². The quantitative estimate of drug-likeness (QED) is 0.812. The molecule has 2 atom stereocenters. The molecule has 2 heterocycles. The average Bonchev–Trinajstić information content (AvgIpc) is 2.90. The molecule has 0 bridgehead atoms. The zero-order valence-electron chi connectivity index (χ0n) is 15.7. The summed E-state index contributed by atoms with van der Waals surface area (Å²) < 4.78 is 11.5. The van der Waals surface area contributed by atoms with Crippen LogP contribution in [0.5, 0.6) is 11.5 Å². The molecule has 7 heteroatoms. The molecule has 27 heavy (non-hydrogen) atoms. The van der Waals surface area contributed by atoms with Gasteiger partial charge in [-0.25, -0.2) is 0 Å². The minimum Gasteiger partial charge on any atom is -0.490 e. The van der Waals surface area contributed by atoms with Gasteiger partial charge in [0.1, 0.15) is 0 Å². The lowest BCUT2D eigenvalue weighted by atomic mass is 9.93. The van der Waals surface area contributed by atoms with Gasteiger partial charge in [-0.2, -0.15) is 5.26 Å². The molecule has 3 rings (SSSR count). The maximum atomic E-state index is 12.8. The number of carbonyl (C=O) groups excluding carboxylic acids is 1. The number of aliphatic hydroxyl groups is 1. The maximum Gasteiger partial charge on any atom is 0.255 e. The number of nitriles is 1. The molecule has 1 fully saturated rings. The first kappa shape index (κ1) is 19.5. The molecule has 146 valence electrons. The summed E-state index contributed by atoms with van der Waals surface area (Å²) in [5.41, 5.74) is 1.42. The van der Waals surface area contributed by atoms with Gasteiger partial charge in [-0.15, -0.1) is 0 Å². The van der Waals surface area contributed by atoms with E-state index in [-0.39, 0.29) is 11.8 Å². The summed E-state index contributed by atoms with van der Waals surface area (Å²) in [6.45, 7) is 5.49. The number of likely N-dealkylation sites (tertiary alicyclic amines) is 1. The van der Waals surface area contributed by atoms with Crippen LogP contribution >= 0.6 is 0 Å². The second-order valence-electron chi connectivity index (χ2n) is 7.23. The number of hydrogen-bond donors (Lipinski definition) is 2. The highest BCUT2D eigenvalue weighted by molar-refractivity contribution is 5.98. The summed E-state index contributed by atoms with van der Waals surface area (Å²) in [7, 11) is 0. The molecule has 0 aliphatic carbocycles. The third-order valence-corrected chi connectivity index (χ3v) is 5.11. The van der Waals surface area contributed by atoms with Crippen molar-refractivity contribution >= 4 is 5.91 Å². The summed E-state index contributed by atoms with van der Waals surface area (Å²) in [5.74, 6) is 0.915. The zero-order chi connectivity index (χ0) is 19.2. The van der Waals surface area contributed by atoms with Gasteiger partial charge in [0.25, 0.3) is 5.91 Å². The van der Waals surface area contributed by atoms with E-state index in [2.05, 4.69) is 16.3 Å². The lowest BCUT2D eigenvalue weighted by Gasteiger charge is -2.35. The summed E-state index contributed by atoms with van der Waals surface area (Å²) in [4.78, 5) is 14.9. The molecule has 1 aromatic rings. The fraction of sp³-hybridized carbons (Fsp3) is 0.600. The summed E-state index contributed by atoms with van der Waals surface area (Å²) in [6.07, 6.45) is 1.53. The van der Waals surface area contributed by atoms with E-state index in [4.69, 9.17) is 14.7 Å². The van der Waals surface area contributed by atoms with Crippen LogP contribution in [0.25, 0.3) is 0 Å². The summed E-state index contributed by atoms with van der Waals surface area (Å²) in [5, 5.41) is 22.0. The van der Waals surface area contributed by atoms with E-state index in [9.17, 15) is 9.90 Å². The number of fused-ring (bicyclic) bond motifs is 1. The summed E-state index contributed by atoms with van der Waals surface area (Å²) >= 11 is 0. The Morgan fingerprint density at radius 3 is 3.00 bits per heavy atom. The van der Waals surface area contributed by atoms with Crippen molar-refractivity contribution in [3.63, 3.8) is 0 Å². The molecular formula is C20H27N3O4. The number of rotatable bonds is 5. The molecule has 2 aliphatic rings. The van der Waals surface area contributed by atoms with Crippen molar-refractivity contribution in [2.24, 2.45) is 5.92 Å². The zero-order valence-corrected chi connectivity index (χ0v) is 15.7. The Kier molecular flexibility index (Phi) is 6.54. The van der Waals surface area contributed by atoms with Crippen LogP contribution in [0.2, 0.25) is 0 Å². The molecule has 7 nitrogen and oxygen atoms in total. The van der Waals surface area contributed by atoms with Gasteiger partial charge in [-0.05, 0) is 37.6 Å². The Bertz CT molecular complexity index is 716. The molecule has 0 saturated carbocycles. The topological polar surface area (TPSA) is 94.8 Å². The smallest absolute Gasteiger partial charge is 0.255 e. The molecule has 0 unspecified atom stereocenters. The van der Waals surface area contributed by atoms with E-state index < -0.39 is 6.10 Å². The number of amides is 1. The Morgan fingerprint density at radius 1 is 1.41 bits per heavy atom. The second-order valence-corrected chi connectivity index (χ2v) is 7.23. The Labute approximate surface area is 159 Å². The minimum atomic E-state index is -0.507. The van der Waals surface area contributed by atoms with Crippen LogP contribution in [0.4, 0.5) is 0 Å². The molecule has 0 radical (unpaired) electrons. The average molecular weight is 373 g/mol. The molecule has 1 aromatic carbocycles. The first-order valence-corrected chi connectivity index (χ1v) is 9.54. The molecule has 2 aliphatic heterocycles.